The molecule has 2 bridgehead atoms. The van der Waals surface area contributed by atoms with Gasteiger partial charge in [-0.2, -0.15) is 0 Å². The Hall–Kier alpha value is -1.83. The molecule has 2 aliphatic heterocycles. The fraction of sp³-hybridized carbons (Fsp3) is 0.476. The van der Waals surface area contributed by atoms with Crippen LogP contribution in [0.1, 0.15) is 38.7 Å². The molecule has 1 fully saturated rings. The van der Waals surface area contributed by atoms with Crippen LogP contribution in [-0.2, 0) is 14.9 Å². The lowest BCUT2D eigenvalue weighted by atomic mass is 9.71. The minimum Gasteiger partial charge on any atom is -0.489 e. The summed E-state index contributed by atoms with van der Waals surface area (Å²) in [5.41, 5.74) is 2.46. The number of Topliss-reactive ketones (excluding diaryl/α,β-unsaturated/α-hetero) is 1. The predicted octanol–water partition coefficient (Wildman–Crippen LogP) is 4.17. The number of carbonyl (C=O) groups is 1. The molecular weight excluding hydrogens is 284 g/mol. The van der Waals surface area contributed by atoms with Crippen LogP contribution >= 0.6 is 0 Å². The molecule has 0 spiro atoms. The summed E-state index contributed by atoms with van der Waals surface area (Å²) >= 11 is 0. The lowest BCUT2D eigenvalue weighted by Gasteiger charge is -2.33. The Labute approximate surface area is 137 Å². The van der Waals surface area contributed by atoms with E-state index in [2.05, 4.69) is 56.3 Å². The molecule has 1 aromatic carbocycles. The molecule has 0 saturated heterocycles. The standard InChI is InChI=1S/C21H22O2/c1-20(2)11-16(22)19-14-8-9-18(23-17(19)12-20)21(10-15(14)21)13-6-4-3-5-7-13/h3-9,14-15,18H,10-12H2,1-2H3/t14-,15+,18+,21-/m0/s1. The molecule has 0 amide bonds. The van der Waals surface area contributed by atoms with Crippen molar-refractivity contribution in [3.05, 3.63) is 59.4 Å². The van der Waals surface area contributed by atoms with E-state index in [0.717, 1.165) is 24.2 Å². The van der Waals surface area contributed by atoms with Crippen LogP contribution in [0.15, 0.2) is 53.8 Å². The monoisotopic (exact) mass is 306 g/mol. The summed E-state index contributed by atoms with van der Waals surface area (Å²) in [6, 6.07) is 10.7. The molecule has 3 aliphatic carbocycles. The van der Waals surface area contributed by atoms with Gasteiger partial charge in [-0.05, 0) is 29.4 Å². The molecule has 0 N–H and O–H groups in total. The van der Waals surface area contributed by atoms with E-state index in [9.17, 15) is 4.79 Å². The molecule has 0 unspecified atom stereocenters. The fourth-order valence-corrected chi connectivity index (χ4v) is 5.20. The Bertz CT molecular complexity index is 755. The summed E-state index contributed by atoms with van der Waals surface area (Å²) in [6.45, 7) is 4.35. The minimum atomic E-state index is 0.0177. The molecule has 4 atom stereocenters. The van der Waals surface area contributed by atoms with E-state index < -0.39 is 0 Å². The summed E-state index contributed by atoms with van der Waals surface area (Å²) in [5.74, 6) is 2.07. The molecule has 0 radical (unpaired) electrons. The van der Waals surface area contributed by atoms with Crippen molar-refractivity contribution in [2.24, 2.45) is 17.3 Å². The number of rotatable bonds is 1. The van der Waals surface area contributed by atoms with Gasteiger partial charge in [-0.1, -0.05) is 50.3 Å². The first kappa shape index (κ1) is 13.6. The number of ketones is 1. The maximum atomic E-state index is 12.8. The summed E-state index contributed by atoms with van der Waals surface area (Å²) in [4.78, 5) is 12.8. The van der Waals surface area contributed by atoms with Crippen LogP contribution in [0.2, 0.25) is 0 Å². The zero-order valence-corrected chi connectivity index (χ0v) is 13.7. The van der Waals surface area contributed by atoms with Gasteiger partial charge in [0.25, 0.3) is 0 Å². The lowest BCUT2D eigenvalue weighted by Crippen LogP contribution is -2.31. The van der Waals surface area contributed by atoms with Crippen LogP contribution < -0.4 is 0 Å². The first-order valence-electron chi connectivity index (χ1n) is 8.68. The van der Waals surface area contributed by atoms with Crippen LogP contribution in [0.25, 0.3) is 0 Å². The van der Waals surface area contributed by atoms with Crippen molar-refractivity contribution in [3.8, 4) is 0 Å². The summed E-state index contributed by atoms with van der Waals surface area (Å²) < 4.78 is 6.50. The van der Waals surface area contributed by atoms with Gasteiger partial charge < -0.3 is 4.74 Å². The Morgan fingerprint density at radius 1 is 1.09 bits per heavy atom. The molecule has 23 heavy (non-hydrogen) atoms. The van der Waals surface area contributed by atoms with E-state index in [0.29, 0.717) is 18.1 Å². The third-order valence-corrected chi connectivity index (χ3v) is 6.29. The number of ether oxygens (including phenoxy) is 1. The molecule has 2 heteroatoms. The smallest absolute Gasteiger partial charge is 0.163 e. The zero-order valence-electron chi connectivity index (χ0n) is 13.7. The maximum Gasteiger partial charge on any atom is 0.163 e. The Kier molecular flexibility index (Phi) is 2.46. The number of allylic oxidation sites excluding steroid dienone is 3. The number of benzene rings is 1. The van der Waals surface area contributed by atoms with Crippen molar-refractivity contribution < 1.29 is 9.53 Å². The van der Waals surface area contributed by atoms with Crippen molar-refractivity contribution in [1.82, 2.24) is 0 Å². The van der Waals surface area contributed by atoms with E-state index >= 15 is 0 Å². The lowest BCUT2D eigenvalue weighted by molar-refractivity contribution is -0.119. The summed E-state index contributed by atoms with van der Waals surface area (Å²) in [5, 5.41) is 0. The van der Waals surface area contributed by atoms with E-state index in [1.54, 1.807) is 0 Å². The van der Waals surface area contributed by atoms with Crippen LogP contribution in [0.4, 0.5) is 0 Å². The molecular formula is C21H22O2. The number of hydrogen-bond acceptors (Lipinski definition) is 2. The van der Waals surface area contributed by atoms with Gasteiger partial charge in [0.1, 0.15) is 11.9 Å². The van der Waals surface area contributed by atoms with Gasteiger partial charge in [0.2, 0.25) is 0 Å². The van der Waals surface area contributed by atoms with Crippen molar-refractivity contribution in [1.29, 1.82) is 0 Å². The van der Waals surface area contributed by atoms with E-state index in [-0.39, 0.29) is 22.9 Å². The average Bonchev–Trinajstić information content (AvgIpc) is 3.26. The molecule has 2 nitrogen and oxygen atoms in total. The third-order valence-electron chi connectivity index (χ3n) is 6.29. The minimum absolute atomic E-state index is 0.0177. The highest BCUT2D eigenvalue weighted by Crippen LogP contribution is 2.67. The van der Waals surface area contributed by atoms with Crippen molar-refractivity contribution in [2.75, 3.05) is 0 Å². The first-order valence-corrected chi connectivity index (χ1v) is 8.68. The van der Waals surface area contributed by atoms with Gasteiger partial charge in [0.15, 0.2) is 5.78 Å². The number of hydrogen-bond donors (Lipinski definition) is 0. The van der Waals surface area contributed by atoms with Gasteiger partial charge in [0.05, 0.1) is 0 Å². The largest absolute Gasteiger partial charge is 0.489 e. The zero-order chi connectivity index (χ0) is 15.8. The van der Waals surface area contributed by atoms with E-state index in [1.165, 1.54) is 5.56 Å². The second kappa shape index (κ2) is 4.17. The average molecular weight is 306 g/mol. The van der Waals surface area contributed by atoms with E-state index in [4.69, 9.17) is 4.74 Å². The predicted molar refractivity (Wildman–Crippen MR) is 88.8 cm³/mol. The Morgan fingerprint density at radius 2 is 1.87 bits per heavy atom. The van der Waals surface area contributed by atoms with Gasteiger partial charge in [-0.3, -0.25) is 4.79 Å². The molecule has 118 valence electrons. The Balaban J connectivity index is 1.61. The maximum absolute atomic E-state index is 12.8. The molecule has 0 aromatic heterocycles. The highest BCUT2D eigenvalue weighted by atomic mass is 16.5. The molecule has 5 aliphatic rings. The molecule has 1 saturated carbocycles. The van der Waals surface area contributed by atoms with Gasteiger partial charge in [-0.15, -0.1) is 0 Å². The molecule has 1 aromatic rings. The second-order valence-corrected chi connectivity index (χ2v) is 8.44. The number of carbonyl (C=O) groups excluding carboxylic acids is 1. The quantitative estimate of drug-likeness (QED) is 0.728. The normalized spacial score (nSPS) is 39.4. The molecule has 2 heterocycles. The van der Waals surface area contributed by atoms with Gasteiger partial charge in [-0.25, -0.2) is 0 Å². The SMILES string of the molecule is CC1(C)CC(=O)C2=C(C1)O[C@@H]1C=C[C@H]2[C@H]2C[C@]21c1ccccc1. The topological polar surface area (TPSA) is 26.3 Å². The molecule has 6 rings (SSSR count). The van der Waals surface area contributed by atoms with Crippen LogP contribution in [0.3, 0.4) is 0 Å². The van der Waals surface area contributed by atoms with Gasteiger partial charge >= 0.3 is 0 Å². The fourth-order valence-electron chi connectivity index (χ4n) is 5.20. The van der Waals surface area contributed by atoms with E-state index in [1.807, 2.05) is 0 Å². The van der Waals surface area contributed by atoms with Crippen LogP contribution in [0.5, 0.6) is 0 Å². The third kappa shape index (κ3) is 1.72. The van der Waals surface area contributed by atoms with Crippen LogP contribution in [-0.4, -0.2) is 11.9 Å². The highest BCUT2D eigenvalue weighted by Gasteiger charge is 2.67. The first-order chi connectivity index (χ1) is 11.0. The summed E-state index contributed by atoms with van der Waals surface area (Å²) in [6.07, 6.45) is 7.23. The summed E-state index contributed by atoms with van der Waals surface area (Å²) in [7, 11) is 0. The Morgan fingerprint density at radius 3 is 2.65 bits per heavy atom. The van der Waals surface area contributed by atoms with Crippen molar-refractivity contribution in [2.45, 2.75) is 44.6 Å². The second-order valence-electron chi connectivity index (χ2n) is 8.44. The van der Waals surface area contributed by atoms with Crippen molar-refractivity contribution in [3.63, 3.8) is 0 Å². The van der Waals surface area contributed by atoms with Crippen molar-refractivity contribution >= 4 is 5.78 Å². The highest BCUT2D eigenvalue weighted by molar-refractivity contribution is 5.98. The van der Waals surface area contributed by atoms with Gasteiger partial charge in [0, 0.05) is 29.7 Å². The van der Waals surface area contributed by atoms with Crippen LogP contribution in [0, 0.1) is 17.3 Å².